The molecule has 1 aliphatic rings. The van der Waals surface area contributed by atoms with E-state index in [-0.39, 0.29) is 12.4 Å². The minimum Gasteiger partial charge on any atom is -1.00 e. The second-order valence-corrected chi connectivity index (χ2v) is 6.64. The van der Waals surface area contributed by atoms with Gasteiger partial charge in [0.15, 0.2) is 0 Å². The smallest absolute Gasteiger partial charge is 0.0990 e. The summed E-state index contributed by atoms with van der Waals surface area (Å²) < 4.78 is 0. The van der Waals surface area contributed by atoms with Crippen LogP contribution in [0.5, 0.6) is 0 Å². The van der Waals surface area contributed by atoms with Crippen LogP contribution in [0.3, 0.4) is 0 Å². The van der Waals surface area contributed by atoms with E-state index < -0.39 is 0 Å². The van der Waals surface area contributed by atoms with E-state index in [1.165, 1.54) is 101 Å². The lowest BCUT2D eigenvalue weighted by molar-refractivity contribution is -0.787. The molecule has 0 saturated carbocycles. The molecule has 0 aromatic carbocycles. The van der Waals surface area contributed by atoms with Crippen molar-refractivity contribution < 1.29 is 17.3 Å². The first-order valence-corrected chi connectivity index (χ1v) is 9.64. The highest BCUT2D eigenvalue weighted by Gasteiger charge is 2.02. The summed E-state index contributed by atoms with van der Waals surface area (Å²) in [6.45, 7) is 3.58. The van der Waals surface area contributed by atoms with Crippen molar-refractivity contribution in [2.24, 2.45) is 0 Å². The van der Waals surface area contributed by atoms with Gasteiger partial charge in [0.1, 0.15) is 0 Å². The van der Waals surface area contributed by atoms with Crippen LogP contribution in [-0.4, -0.2) is 6.54 Å². The average Bonchev–Trinajstić information content (AvgIpc) is 3.01. The van der Waals surface area contributed by atoms with Crippen LogP contribution in [-0.2, 0) is 0 Å². The summed E-state index contributed by atoms with van der Waals surface area (Å²) in [4.78, 5) is 1.52. The van der Waals surface area contributed by atoms with Crippen molar-refractivity contribution >= 4 is 0 Å². The monoisotopic (exact) mass is 327 g/mol. The Morgan fingerprint density at radius 1 is 0.545 bits per heavy atom. The Morgan fingerprint density at radius 3 is 1.32 bits per heavy atom. The Balaban J connectivity index is 0.00000441. The normalized spacial score (nSPS) is 13.7. The van der Waals surface area contributed by atoms with Crippen LogP contribution in [0, 0.1) is 0 Å². The van der Waals surface area contributed by atoms with Gasteiger partial charge < -0.3 is 12.4 Å². The van der Waals surface area contributed by atoms with Gasteiger partial charge in [0.25, 0.3) is 0 Å². The molecule has 0 spiro atoms. The van der Waals surface area contributed by atoms with Gasteiger partial charge in [0, 0.05) is 0 Å². The predicted octanol–water partition coefficient (Wildman–Crippen LogP) is 2.40. The zero-order valence-corrected chi connectivity index (χ0v) is 15.5. The van der Waals surface area contributed by atoms with Gasteiger partial charge in [-0.1, -0.05) is 84.0 Å². The quantitative estimate of drug-likeness (QED) is 0.441. The fraction of sp³-hybridized carbons (Fsp3) is 0.800. The highest BCUT2D eigenvalue weighted by Crippen LogP contribution is 2.12. The molecule has 2 heteroatoms. The first kappa shape index (κ1) is 21.7. The zero-order chi connectivity index (χ0) is 15.0. The van der Waals surface area contributed by atoms with Crippen LogP contribution in [0.1, 0.15) is 96.8 Å². The highest BCUT2D eigenvalue weighted by molar-refractivity contribution is 5.00. The first-order valence-electron chi connectivity index (χ1n) is 9.64. The molecule has 0 aromatic rings. The highest BCUT2D eigenvalue weighted by atomic mass is 35.5. The predicted molar refractivity (Wildman–Crippen MR) is 94.4 cm³/mol. The molecule has 1 aliphatic heterocycles. The van der Waals surface area contributed by atoms with Gasteiger partial charge in [-0.3, -0.25) is 4.90 Å². The molecule has 1 N–H and O–H groups in total. The maximum absolute atomic E-state index is 2.29. The van der Waals surface area contributed by atoms with E-state index in [1.54, 1.807) is 0 Å². The van der Waals surface area contributed by atoms with Gasteiger partial charge in [-0.05, 0) is 25.0 Å². The van der Waals surface area contributed by atoms with E-state index in [4.69, 9.17) is 0 Å². The Morgan fingerprint density at radius 2 is 0.909 bits per heavy atom. The summed E-state index contributed by atoms with van der Waals surface area (Å²) in [5, 5.41) is 0. The number of hydrogen-bond acceptors (Lipinski definition) is 0. The number of hydrogen-bond donors (Lipinski definition) is 1. The first-order chi connectivity index (χ1) is 10.4. The van der Waals surface area contributed by atoms with Gasteiger partial charge in [0.2, 0.25) is 0 Å². The number of nitrogens with one attached hydrogen (secondary N) is 1. The molecule has 0 amide bonds. The van der Waals surface area contributed by atoms with Crippen molar-refractivity contribution in [3.8, 4) is 0 Å². The Kier molecular flexibility index (Phi) is 16.9. The summed E-state index contributed by atoms with van der Waals surface area (Å²) >= 11 is 0. The van der Waals surface area contributed by atoms with Gasteiger partial charge in [-0.25, -0.2) is 0 Å². The third-order valence-electron chi connectivity index (χ3n) is 4.55. The molecule has 0 saturated heterocycles. The van der Waals surface area contributed by atoms with Crippen molar-refractivity contribution in [2.75, 3.05) is 6.54 Å². The lowest BCUT2D eigenvalue weighted by Gasteiger charge is -2.06. The van der Waals surface area contributed by atoms with Crippen molar-refractivity contribution in [2.45, 2.75) is 96.8 Å². The SMILES string of the molecule is CCCCCCCCCCCCCCCC[NH+]1C=CC=C1.[Cl-]. The van der Waals surface area contributed by atoms with E-state index in [0.29, 0.717) is 0 Å². The second-order valence-electron chi connectivity index (χ2n) is 6.64. The largest absolute Gasteiger partial charge is 1.00 e. The maximum Gasteiger partial charge on any atom is 0.0990 e. The van der Waals surface area contributed by atoms with E-state index >= 15 is 0 Å². The topological polar surface area (TPSA) is 4.44 Å². The summed E-state index contributed by atoms with van der Waals surface area (Å²) in [6.07, 6.45) is 29.1. The van der Waals surface area contributed by atoms with Crippen LogP contribution in [0.2, 0.25) is 0 Å². The van der Waals surface area contributed by atoms with Gasteiger partial charge in [-0.2, -0.15) is 0 Å². The van der Waals surface area contributed by atoms with Gasteiger partial charge >= 0.3 is 0 Å². The minimum absolute atomic E-state index is 0. The molecule has 0 atom stereocenters. The summed E-state index contributed by atoms with van der Waals surface area (Å²) in [7, 11) is 0. The molecule has 1 nitrogen and oxygen atoms in total. The number of quaternary nitrogens is 1. The van der Waals surface area contributed by atoms with E-state index in [1.807, 2.05) is 0 Å². The van der Waals surface area contributed by atoms with Crippen molar-refractivity contribution in [3.05, 3.63) is 24.6 Å². The molecule has 0 radical (unpaired) electrons. The van der Waals surface area contributed by atoms with E-state index in [2.05, 4.69) is 31.5 Å². The second kappa shape index (κ2) is 17.1. The number of allylic oxidation sites excluding steroid dienone is 2. The van der Waals surface area contributed by atoms with Gasteiger partial charge in [0.05, 0.1) is 18.9 Å². The molecule has 1 rings (SSSR count). The minimum atomic E-state index is 0. The molecule has 0 aromatic heterocycles. The summed E-state index contributed by atoms with van der Waals surface area (Å²) in [5.41, 5.74) is 0. The molecule has 1 heterocycles. The molecule has 0 unspecified atom stereocenters. The van der Waals surface area contributed by atoms with Crippen molar-refractivity contribution in [1.29, 1.82) is 0 Å². The Bertz CT molecular complexity index is 261. The third kappa shape index (κ3) is 13.4. The van der Waals surface area contributed by atoms with Gasteiger partial charge in [-0.15, -0.1) is 0 Å². The van der Waals surface area contributed by atoms with Crippen LogP contribution in [0.25, 0.3) is 0 Å². The van der Waals surface area contributed by atoms with Crippen molar-refractivity contribution in [3.63, 3.8) is 0 Å². The number of unbranched alkanes of at least 4 members (excludes halogenated alkanes) is 13. The number of halogens is 1. The molecule has 22 heavy (non-hydrogen) atoms. The van der Waals surface area contributed by atoms with E-state index in [0.717, 1.165) is 0 Å². The van der Waals surface area contributed by atoms with Crippen LogP contribution < -0.4 is 17.3 Å². The Labute approximate surface area is 145 Å². The molecule has 130 valence electrons. The third-order valence-corrected chi connectivity index (χ3v) is 4.55. The summed E-state index contributed by atoms with van der Waals surface area (Å²) in [6, 6.07) is 0. The lowest BCUT2D eigenvalue weighted by atomic mass is 10.0. The Hall–Kier alpha value is -0.270. The molecule has 0 aliphatic carbocycles. The molecular formula is C20H38ClN. The fourth-order valence-corrected chi connectivity index (χ4v) is 3.10. The molecule has 0 fully saturated rings. The summed E-state index contributed by atoms with van der Waals surface area (Å²) in [5.74, 6) is 0. The molecular weight excluding hydrogens is 290 g/mol. The zero-order valence-electron chi connectivity index (χ0n) is 14.8. The van der Waals surface area contributed by atoms with Crippen LogP contribution >= 0.6 is 0 Å². The van der Waals surface area contributed by atoms with Crippen LogP contribution in [0.4, 0.5) is 0 Å². The van der Waals surface area contributed by atoms with Crippen molar-refractivity contribution in [1.82, 2.24) is 0 Å². The molecule has 0 bridgehead atoms. The average molecular weight is 328 g/mol. The standard InChI is InChI=1S/C20H37N.ClH/c1-2-3-4-5-6-7-8-9-10-11-12-13-14-15-18-21-19-16-17-20-21;/h16-17,19-20H,2-15,18H2,1H3;1H. The van der Waals surface area contributed by atoms with E-state index in [9.17, 15) is 0 Å². The maximum atomic E-state index is 2.29. The van der Waals surface area contributed by atoms with Crippen LogP contribution in [0.15, 0.2) is 24.6 Å². The fourth-order valence-electron chi connectivity index (χ4n) is 3.10. The lowest BCUT2D eigenvalue weighted by Crippen LogP contribution is -3.01. The number of rotatable bonds is 15.